The van der Waals surface area contributed by atoms with Crippen molar-refractivity contribution in [3.63, 3.8) is 0 Å². The molecule has 0 aromatic heterocycles. The van der Waals surface area contributed by atoms with Crippen LogP contribution in [0.25, 0.3) is 0 Å². The van der Waals surface area contributed by atoms with Crippen LogP contribution in [0.2, 0.25) is 0 Å². The minimum atomic E-state index is -0.821. The quantitative estimate of drug-likeness (QED) is 0.272. The molecule has 3 aromatic carbocycles. The number of carbonyl (C=O) groups excluding carboxylic acids is 2. The molecular formula is C22H17N5O7. The molecule has 2 amide bonds. The number of phenolic OH excluding ortho intramolecular Hbond substituents is 1. The molecule has 0 aliphatic heterocycles. The van der Waals surface area contributed by atoms with Gasteiger partial charge in [0.05, 0.1) is 32.8 Å². The van der Waals surface area contributed by atoms with Crippen LogP contribution in [0, 0.1) is 20.2 Å². The summed E-state index contributed by atoms with van der Waals surface area (Å²) in [6.45, 7) is 1.64. The molecule has 3 aromatic rings. The van der Waals surface area contributed by atoms with Crippen LogP contribution in [-0.2, 0) is 0 Å². The van der Waals surface area contributed by atoms with Gasteiger partial charge in [-0.25, -0.2) is 5.43 Å². The van der Waals surface area contributed by atoms with Gasteiger partial charge in [0.2, 0.25) is 0 Å². The van der Waals surface area contributed by atoms with Crippen molar-refractivity contribution in [2.45, 2.75) is 6.92 Å². The van der Waals surface area contributed by atoms with Crippen LogP contribution in [-0.4, -0.2) is 32.5 Å². The number of nitrogens with zero attached hydrogens (tertiary/aromatic N) is 3. The normalized spacial score (nSPS) is 10.9. The molecule has 0 fully saturated rings. The Bertz CT molecular complexity index is 1290. The Morgan fingerprint density at radius 3 is 2.00 bits per heavy atom. The summed E-state index contributed by atoms with van der Waals surface area (Å²) in [5.41, 5.74) is 2.40. The summed E-state index contributed by atoms with van der Waals surface area (Å²) in [4.78, 5) is 45.0. The van der Waals surface area contributed by atoms with Gasteiger partial charge in [0.1, 0.15) is 5.75 Å². The topological polar surface area (TPSA) is 177 Å². The number of para-hydroxylation sites is 1. The SMILES string of the molecule is C/C(=N\NC(=O)c1ccccc1O)c1ccc(NC(=O)c2cc([N+](=O)[O-])cc([N+](=O)[O-])c2)cc1. The maximum absolute atomic E-state index is 12.5. The number of nitro benzene ring substituents is 2. The molecule has 0 aliphatic carbocycles. The van der Waals surface area contributed by atoms with Crippen molar-refractivity contribution in [3.05, 3.63) is 104 Å². The van der Waals surface area contributed by atoms with E-state index in [1.165, 1.54) is 24.3 Å². The molecule has 12 nitrogen and oxygen atoms in total. The fraction of sp³-hybridized carbons (Fsp3) is 0.0455. The predicted octanol–water partition coefficient (Wildman–Crippen LogP) is 3.61. The van der Waals surface area contributed by atoms with Crippen molar-refractivity contribution < 1.29 is 24.5 Å². The third kappa shape index (κ3) is 5.56. The second kappa shape index (κ2) is 9.99. The van der Waals surface area contributed by atoms with Gasteiger partial charge >= 0.3 is 0 Å². The molecule has 34 heavy (non-hydrogen) atoms. The number of hydrazone groups is 1. The van der Waals surface area contributed by atoms with Gasteiger partial charge in [-0.1, -0.05) is 24.3 Å². The lowest BCUT2D eigenvalue weighted by molar-refractivity contribution is -0.394. The van der Waals surface area contributed by atoms with Crippen LogP contribution in [0.15, 0.2) is 71.8 Å². The van der Waals surface area contributed by atoms with Crippen LogP contribution in [0.1, 0.15) is 33.2 Å². The zero-order valence-corrected chi connectivity index (χ0v) is 17.6. The molecule has 3 N–H and O–H groups in total. The summed E-state index contributed by atoms with van der Waals surface area (Å²) in [6, 6.07) is 14.9. The summed E-state index contributed by atoms with van der Waals surface area (Å²) in [6.07, 6.45) is 0. The predicted molar refractivity (Wildman–Crippen MR) is 122 cm³/mol. The number of anilines is 1. The van der Waals surface area contributed by atoms with Crippen molar-refractivity contribution in [1.82, 2.24) is 5.43 Å². The fourth-order valence-electron chi connectivity index (χ4n) is 2.86. The number of carbonyl (C=O) groups is 2. The number of rotatable bonds is 7. The summed E-state index contributed by atoms with van der Waals surface area (Å²) in [7, 11) is 0. The van der Waals surface area contributed by atoms with E-state index < -0.39 is 33.0 Å². The number of hydrogen-bond acceptors (Lipinski definition) is 8. The number of nitro groups is 2. The zero-order chi connectivity index (χ0) is 24.8. The van der Waals surface area contributed by atoms with Crippen LogP contribution in [0.3, 0.4) is 0 Å². The van der Waals surface area contributed by atoms with E-state index in [0.717, 1.165) is 18.2 Å². The molecule has 0 heterocycles. The van der Waals surface area contributed by atoms with Gasteiger partial charge < -0.3 is 10.4 Å². The zero-order valence-electron chi connectivity index (χ0n) is 17.6. The van der Waals surface area contributed by atoms with Gasteiger partial charge in [-0.3, -0.25) is 29.8 Å². The molecular weight excluding hydrogens is 446 g/mol. The van der Waals surface area contributed by atoms with Crippen LogP contribution in [0.5, 0.6) is 5.75 Å². The van der Waals surface area contributed by atoms with Crippen molar-refractivity contribution in [2.24, 2.45) is 5.10 Å². The van der Waals surface area contributed by atoms with Gasteiger partial charge in [-0.2, -0.15) is 5.10 Å². The first-order valence-corrected chi connectivity index (χ1v) is 9.64. The highest BCUT2D eigenvalue weighted by atomic mass is 16.6. The standard InChI is InChI=1S/C22H17N5O7/c1-13(24-25-22(30)19-4-2-3-5-20(19)28)14-6-8-16(9-7-14)23-21(29)15-10-17(26(31)32)12-18(11-15)27(33)34/h2-12,28H,1H3,(H,23,29)(H,25,30)/b24-13+. The Morgan fingerprint density at radius 1 is 0.853 bits per heavy atom. The maximum atomic E-state index is 12.5. The number of hydrogen-bond donors (Lipinski definition) is 3. The lowest BCUT2D eigenvalue weighted by Crippen LogP contribution is -2.19. The Morgan fingerprint density at radius 2 is 1.44 bits per heavy atom. The lowest BCUT2D eigenvalue weighted by atomic mass is 10.1. The number of benzene rings is 3. The Hall–Kier alpha value is -5.13. The molecule has 3 rings (SSSR count). The first kappa shape index (κ1) is 23.5. The number of aromatic hydroxyl groups is 1. The Balaban J connectivity index is 1.71. The molecule has 0 saturated heterocycles. The van der Waals surface area contributed by atoms with Crippen LogP contribution in [0.4, 0.5) is 17.1 Å². The Kier molecular flexibility index (Phi) is 6.92. The van der Waals surface area contributed by atoms with E-state index in [4.69, 9.17) is 0 Å². The van der Waals surface area contributed by atoms with Crippen LogP contribution < -0.4 is 10.7 Å². The van der Waals surface area contributed by atoms with Crippen molar-refractivity contribution in [1.29, 1.82) is 0 Å². The average Bonchev–Trinajstić information content (AvgIpc) is 2.82. The molecule has 0 aliphatic rings. The average molecular weight is 463 g/mol. The fourth-order valence-corrected chi connectivity index (χ4v) is 2.86. The number of non-ortho nitro benzene ring substituents is 2. The van der Waals surface area contributed by atoms with Crippen LogP contribution >= 0.6 is 0 Å². The lowest BCUT2D eigenvalue weighted by Gasteiger charge is -2.08. The van der Waals surface area contributed by atoms with Crippen molar-refractivity contribution in [3.8, 4) is 5.75 Å². The van der Waals surface area contributed by atoms with E-state index >= 15 is 0 Å². The number of phenols is 1. The second-order valence-electron chi connectivity index (χ2n) is 6.94. The first-order valence-electron chi connectivity index (χ1n) is 9.64. The van der Waals surface area contributed by atoms with E-state index in [1.54, 1.807) is 31.2 Å². The third-order valence-corrected chi connectivity index (χ3v) is 4.62. The molecule has 172 valence electrons. The summed E-state index contributed by atoms with van der Waals surface area (Å²) >= 11 is 0. The molecule has 0 spiro atoms. The van der Waals surface area contributed by atoms with Gasteiger partial charge in [-0.05, 0) is 36.8 Å². The maximum Gasteiger partial charge on any atom is 0.277 e. The highest BCUT2D eigenvalue weighted by molar-refractivity contribution is 6.06. The second-order valence-corrected chi connectivity index (χ2v) is 6.94. The van der Waals surface area contributed by atoms with E-state index in [2.05, 4.69) is 15.8 Å². The summed E-state index contributed by atoms with van der Waals surface area (Å²) < 4.78 is 0. The van der Waals surface area contributed by atoms with Crippen molar-refractivity contribution in [2.75, 3.05) is 5.32 Å². The van der Waals surface area contributed by atoms with E-state index in [1.807, 2.05) is 0 Å². The first-order chi connectivity index (χ1) is 16.2. The molecule has 0 bridgehead atoms. The van der Waals surface area contributed by atoms with Crippen molar-refractivity contribution >= 4 is 34.6 Å². The van der Waals surface area contributed by atoms with E-state index in [-0.39, 0.29) is 16.9 Å². The molecule has 0 atom stereocenters. The summed E-state index contributed by atoms with van der Waals surface area (Å²) in [5, 5.41) is 38.2. The Labute approximate surface area is 191 Å². The molecule has 12 heteroatoms. The molecule has 0 saturated carbocycles. The summed E-state index contributed by atoms with van der Waals surface area (Å²) in [5.74, 6) is -1.53. The van der Waals surface area contributed by atoms with Gasteiger partial charge in [0, 0.05) is 17.8 Å². The van der Waals surface area contributed by atoms with Gasteiger partial charge in [-0.15, -0.1) is 0 Å². The highest BCUT2D eigenvalue weighted by Crippen LogP contribution is 2.23. The monoisotopic (exact) mass is 463 g/mol. The van der Waals surface area contributed by atoms with Gasteiger partial charge in [0.15, 0.2) is 0 Å². The minimum Gasteiger partial charge on any atom is -0.507 e. The number of amides is 2. The highest BCUT2D eigenvalue weighted by Gasteiger charge is 2.20. The van der Waals surface area contributed by atoms with Gasteiger partial charge in [0.25, 0.3) is 23.2 Å². The molecule has 0 radical (unpaired) electrons. The van der Waals surface area contributed by atoms with E-state index in [0.29, 0.717) is 17.0 Å². The molecule has 0 unspecified atom stereocenters. The largest absolute Gasteiger partial charge is 0.507 e. The minimum absolute atomic E-state index is 0.0681. The number of nitrogens with one attached hydrogen (secondary N) is 2. The smallest absolute Gasteiger partial charge is 0.277 e. The third-order valence-electron chi connectivity index (χ3n) is 4.62. The van der Waals surface area contributed by atoms with E-state index in [9.17, 15) is 34.9 Å².